The standard InChI is InChI=1S/C19H16Cl2N4O/c1-11-8-18(23-14-5-3-4-13(9-14)12(2)26)25-19(22-11)24-15-6-7-16(20)17(21)10-15/h3-10H,1-2H3,(H2,22,23,24,25). The Morgan fingerprint density at radius 1 is 0.923 bits per heavy atom. The molecule has 0 amide bonds. The number of nitrogens with one attached hydrogen (secondary N) is 2. The highest BCUT2D eigenvalue weighted by Gasteiger charge is 2.06. The predicted octanol–water partition coefficient (Wildman–Crippen LogP) is 5.78. The van der Waals surface area contributed by atoms with Gasteiger partial charge in [-0.3, -0.25) is 4.79 Å². The molecule has 0 spiro atoms. The number of benzene rings is 2. The van der Waals surface area contributed by atoms with Crippen LogP contribution in [0.4, 0.5) is 23.1 Å². The van der Waals surface area contributed by atoms with Crippen LogP contribution in [0, 0.1) is 6.92 Å². The van der Waals surface area contributed by atoms with Gasteiger partial charge in [0.25, 0.3) is 0 Å². The zero-order chi connectivity index (χ0) is 18.7. The predicted molar refractivity (Wildman–Crippen MR) is 106 cm³/mol. The van der Waals surface area contributed by atoms with Gasteiger partial charge in [-0.05, 0) is 44.2 Å². The van der Waals surface area contributed by atoms with E-state index >= 15 is 0 Å². The summed E-state index contributed by atoms with van der Waals surface area (Å²) < 4.78 is 0. The highest BCUT2D eigenvalue weighted by atomic mass is 35.5. The van der Waals surface area contributed by atoms with Gasteiger partial charge in [-0.25, -0.2) is 4.98 Å². The average molecular weight is 387 g/mol. The van der Waals surface area contributed by atoms with Crippen LogP contribution in [-0.2, 0) is 0 Å². The summed E-state index contributed by atoms with van der Waals surface area (Å²) in [6.45, 7) is 3.41. The van der Waals surface area contributed by atoms with Crippen LogP contribution in [-0.4, -0.2) is 15.8 Å². The fraction of sp³-hybridized carbons (Fsp3) is 0.105. The number of hydrogen-bond acceptors (Lipinski definition) is 5. The van der Waals surface area contributed by atoms with E-state index < -0.39 is 0 Å². The largest absolute Gasteiger partial charge is 0.340 e. The monoisotopic (exact) mass is 386 g/mol. The number of Topliss-reactive ketones (excluding diaryl/α,β-unsaturated/α-hetero) is 1. The van der Waals surface area contributed by atoms with Crippen LogP contribution in [0.1, 0.15) is 23.0 Å². The lowest BCUT2D eigenvalue weighted by atomic mass is 10.1. The van der Waals surface area contributed by atoms with E-state index in [4.69, 9.17) is 23.2 Å². The maximum atomic E-state index is 11.5. The van der Waals surface area contributed by atoms with Crippen LogP contribution in [0.25, 0.3) is 0 Å². The summed E-state index contributed by atoms with van der Waals surface area (Å²) in [6.07, 6.45) is 0. The number of aromatic nitrogens is 2. The second-order valence-corrected chi connectivity index (χ2v) is 6.55. The highest BCUT2D eigenvalue weighted by Crippen LogP contribution is 2.27. The molecule has 2 N–H and O–H groups in total. The quantitative estimate of drug-likeness (QED) is 0.543. The van der Waals surface area contributed by atoms with Crippen LogP contribution in [0.3, 0.4) is 0 Å². The third-order valence-electron chi connectivity index (χ3n) is 3.57. The van der Waals surface area contributed by atoms with Crippen LogP contribution in [0.15, 0.2) is 48.5 Å². The van der Waals surface area contributed by atoms with Gasteiger partial charge in [0.05, 0.1) is 10.0 Å². The summed E-state index contributed by atoms with van der Waals surface area (Å²) >= 11 is 12.0. The molecule has 0 saturated heterocycles. The summed E-state index contributed by atoms with van der Waals surface area (Å²) in [5.74, 6) is 1.05. The first-order valence-electron chi connectivity index (χ1n) is 7.86. The molecule has 1 heterocycles. The molecule has 132 valence electrons. The van der Waals surface area contributed by atoms with Crippen molar-refractivity contribution in [2.45, 2.75) is 13.8 Å². The average Bonchev–Trinajstić information content (AvgIpc) is 2.58. The van der Waals surface area contributed by atoms with Gasteiger partial charge < -0.3 is 10.6 Å². The number of hydrogen-bond donors (Lipinski definition) is 2. The summed E-state index contributed by atoms with van der Waals surface area (Å²) in [4.78, 5) is 20.4. The normalized spacial score (nSPS) is 10.5. The fourth-order valence-electron chi connectivity index (χ4n) is 2.36. The minimum Gasteiger partial charge on any atom is -0.340 e. The first-order valence-corrected chi connectivity index (χ1v) is 8.62. The van der Waals surface area contributed by atoms with Gasteiger partial charge >= 0.3 is 0 Å². The number of aryl methyl sites for hydroxylation is 1. The zero-order valence-electron chi connectivity index (χ0n) is 14.2. The Labute approximate surface area is 161 Å². The number of rotatable bonds is 5. The summed E-state index contributed by atoms with van der Waals surface area (Å²) in [6, 6.07) is 14.3. The second kappa shape index (κ2) is 7.72. The van der Waals surface area contributed by atoms with E-state index in [-0.39, 0.29) is 5.78 Å². The number of carbonyl (C=O) groups is 1. The third kappa shape index (κ3) is 4.50. The van der Waals surface area contributed by atoms with Crippen molar-refractivity contribution in [2.24, 2.45) is 0 Å². The third-order valence-corrected chi connectivity index (χ3v) is 4.31. The summed E-state index contributed by atoms with van der Waals surface area (Å²) in [5.41, 5.74) is 2.92. The highest BCUT2D eigenvalue weighted by molar-refractivity contribution is 6.42. The molecule has 0 aliphatic carbocycles. The molecule has 0 radical (unpaired) electrons. The van der Waals surface area contributed by atoms with Gasteiger partial charge in [-0.2, -0.15) is 4.98 Å². The van der Waals surface area contributed by atoms with E-state index in [1.165, 1.54) is 6.92 Å². The Morgan fingerprint density at radius 3 is 2.42 bits per heavy atom. The smallest absolute Gasteiger partial charge is 0.229 e. The molecule has 0 atom stereocenters. The lowest BCUT2D eigenvalue weighted by molar-refractivity contribution is 0.101. The van der Waals surface area contributed by atoms with E-state index in [2.05, 4.69) is 20.6 Å². The van der Waals surface area contributed by atoms with Gasteiger partial charge in [0.1, 0.15) is 5.82 Å². The van der Waals surface area contributed by atoms with E-state index in [9.17, 15) is 4.79 Å². The lowest BCUT2D eigenvalue weighted by Crippen LogP contribution is -2.03. The van der Waals surface area contributed by atoms with Gasteiger partial charge in [-0.15, -0.1) is 0 Å². The molecule has 0 bridgehead atoms. The molecule has 0 unspecified atom stereocenters. The second-order valence-electron chi connectivity index (χ2n) is 5.73. The van der Waals surface area contributed by atoms with E-state index in [0.717, 1.165) is 17.1 Å². The van der Waals surface area contributed by atoms with Crippen LogP contribution < -0.4 is 10.6 Å². The van der Waals surface area contributed by atoms with Crippen molar-refractivity contribution in [3.8, 4) is 0 Å². The van der Waals surface area contributed by atoms with Crippen molar-refractivity contribution in [3.63, 3.8) is 0 Å². The molecule has 0 aliphatic heterocycles. The molecule has 0 aliphatic rings. The number of nitrogens with zero attached hydrogens (tertiary/aromatic N) is 2. The molecule has 0 fully saturated rings. The van der Waals surface area contributed by atoms with Crippen LogP contribution >= 0.6 is 23.2 Å². The molecular weight excluding hydrogens is 371 g/mol. The van der Waals surface area contributed by atoms with Gasteiger partial charge in [0.15, 0.2) is 5.78 Å². The Balaban J connectivity index is 1.84. The Hall–Kier alpha value is -2.63. The molecule has 26 heavy (non-hydrogen) atoms. The maximum absolute atomic E-state index is 11.5. The van der Waals surface area contributed by atoms with Crippen molar-refractivity contribution in [2.75, 3.05) is 10.6 Å². The topological polar surface area (TPSA) is 66.9 Å². The molecule has 7 heteroatoms. The molecule has 5 nitrogen and oxygen atoms in total. The summed E-state index contributed by atoms with van der Waals surface area (Å²) in [7, 11) is 0. The van der Waals surface area contributed by atoms with Crippen molar-refractivity contribution >= 4 is 52.1 Å². The van der Waals surface area contributed by atoms with Gasteiger partial charge in [0.2, 0.25) is 5.95 Å². The number of halogens is 2. The first kappa shape index (κ1) is 18.2. The van der Waals surface area contributed by atoms with Gasteiger partial charge in [0, 0.05) is 28.7 Å². The molecular formula is C19H16Cl2N4O. The van der Waals surface area contributed by atoms with Gasteiger partial charge in [-0.1, -0.05) is 35.3 Å². The molecule has 2 aromatic carbocycles. The molecule has 3 rings (SSSR count). The number of ketones is 1. The Morgan fingerprint density at radius 2 is 1.69 bits per heavy atom. The van der Waals surface area contributed by atoms with E-state index in [0.29, 0.717) is 27.4 Å². The van der Waals surface area contributed by atoms with Crippen LogP contribution in [0.2, 0.25) is 10.0 Å². The lowest BCUT2D eigenvalue weighted by Gasteiger charge is -2.11. The minimum absolute atomic E-state index is 0.00879. The fourth-order valence-corrected chi connectivity index (χ4v) is 2.65. The SMILES string of the molecule is CC(=O)c1cccc(Nc2cc(C)nc(Nc3ccc(Cl)c(Cl)c3)n2)c1. The van der Waals surface area contributed by atoms with E-state index in [1.54, 1.807) is 30.3 Å². The minimum atomic E-state index is 0.00879. The first-order chi connectivity index (χ1) is 12.4. The summed E-state index contributed by atoms with van der Waals surface area (Å²) in [5, 5.41) is 7.23. The zero-order valence-corrected chi connectivity index (χ0v) is 15.7. The van der Waals surface area contributed by atoms with Crippen molar-refractivity contribution < 1.29 is 4.79 Å². The molecule has 3 aromatic rings. The molecule has 0 saturated carbocycles. The van der Waals surface area contributed by atoms with E-state index in [1.807, 2.05) is 25.1 Å². The Kier molecular flexibility index (Phi) is 5.40. The van der Waals surface area contributed by atoms with Crippen molar-refractivity contribution in [1.82, 2.24) is 9.97 Å². The number of anilines is 4. The number of carbonyl (C=O) groups excluding carboxylic acids is 1. The van der Waals surface area contributed by atoms with Crippen molar-refractivity contribution in [1.29, 1.82) is 0 Å². The Bertz CT molecular complexity index is 976. The van der Waals surface area contributed by atoms with Crippen LogP contribution in [0.5, 0.6) is 0 Å². The molecule has 1 aromatic heterocycles. The maximum Gasteiger partial charge on any atom is 0.229 e. The van der Waals surface area contributed by atoms with Crippen molar-refractivity contribution in [3.05, 3.63) is 69.8 Å².